The lowest BCUT2D eigenvalue weighted by atomic mass is 9.88. The molecule has 0 spiro atoms. The second kappa shape index (κ2) is 9.25. The summed E-state index contributed by atoms with van der Waals surface area (Å²) >= 11 is 0. The summed E-state index contributed by atoms with van der Waals surface area (Å²) in [6.07, 6.45) is 3.49. The van der Waals surface area contributed by atoms with E-state index in [1.165, 1.54) is 0 Å². The number of aliphatic hydroxyl groups is 1. The van der Waals surface area contributed by atoms with Crippen LogP contribution in [0.25, 0.3) is 0 Å². The van der Waals surface area contributed by atoms with Crippen molar-refractivity contribution in [3.8, 4) is 11.5 Å². The minimum Gasteiger partial charge on any atom is -0.493 e. The third-order valence-corrected chi connectivity index (χ3v) is 5.88. The van der Waals surface area contributed by atoms with Gasteiger partial charge in [-0.3, -0.25) is 4.98 Å². The quantitative estimate of drug-likeness (QED) is 0.443. The molecule has 160 valence electrons. The monoisotopic (exact) mass is 423 g/mol. The highest BCUT2D eigenvalue weighted by atomic mass is 16.5. The fourth-order valence-corrected chi connectivity index (χ4v) is 4.21. The Labute approximate surface area is 188 Å². The highest BCUT2D eigenvalue weighted by Crippen LogP contribution is 2.40. The lowest BCUT2D eigenvalue weighted by Gasteiger charge is -2.31. The molecule has 1 N–H and O–H groups in total. The first kappa shape index (κ1) is 20.3. The zero-order valence-electron chi connectivity index (χ0n) is 17.7. The second-order valence-electron chi connectivity index (χ2n) is 8.10. The van der Waals surface area contributed by atoms with Crippen LogP contribution in [-0.4, -0.2) is 16.7 Å². The predicted molar refractivity (Wildman–Crippen MR) is 124 cm³/mol. The van der Waals surface area contributed by atoms with Gasteiger partial charge in [0, 0.05) is 29.9 Å². The first-order valence-electron chi connectivity index (χ1n) is 10.9. The maximum absolute atomic E-state index is 11.0. The summed E-state index contributed by atoms with van der Waals surface area (Å²) in [5, 5.41) is 11.0. The van der Waals surface area contributed by atoms with E-state index < -0.39 is 6.10 Å². The van der Waals surface area contributed by atoms with E-state index >= 15 is 0 Å². The van der Waals surface area contributed by atoms with Crippen LogP contribution in [0.2, 0.25) is 0 Å². The molecule has 0 amide bonds. The minimum absolute atomic E-state index is 0.0140. The Bertz CT molecular complexity index is 1110. The minimum atomic E-state index is -0.591. The first-order valence-corrected chi connectivity index (χ1v) is 10.9. The topological polar surface area (TPSA) is 51.6 Å². The summed E-state index contributed by atoms with van der Waals surface area (Å²) in [5.41, 5.74) is 4.05. The zero-order valence-corrected chi connectivity index (χ0v) is 17.7. The maximum Gasteiger partial charge on any atom is 0.149 e. The van der Waals surface area contributed by atoms with Gasteiger partial charge in [-0.1, -0.05) is 66.7 Å². The Morgan fingerprint density at radius 1 is 0.906 bits per heavy atom. The van der Waals surface area contributed by atoms with Crippen molar-refractivity contribution in [1.29, 1.82) is 0 Å². The molecule has 3 aromatic carbocycles. The molecule has 2 heterocycles. The molecule has 0 unspecified atom stereocenters. The summed E-state index contributed by atoms with van der Waals surface area (Å²) in [4.78, 5) is 4.17. The molecule has 4 aromatic rings. The number of benzene rings is 3. The molecule has 4 heteroatoms. The average Bonchev–Trinajstić information content (AvgIpc) is 2.86. The van der Waals surface area contributed by atoms with E-state index in [0.717, 1.165) is 28.7 Å². The van der Waals surface area contributed by atoms with Crippen molar-refractivity contribution in [1.82, 2.24) is 4.98 Å². The number of rotatable bonds is 6. The Hall–Kier alpha value is -3.63. The molecule has 0 radical (unpaired) electrons. The van der Waals surface area contributed by atoms with E-state index in [1.54, 1.807) is 6.20 Å². The van der Waals surface area contributed by atoms with Crippen LogP contribution in [0.15, 0.2) is 103 Å². The number of hydrogen-bond donors (Lipinski definition) is 1. The number of aromatic nitrogens is 1. The van der Waals surface area contributed by atoms with Crippen LogP contribution >= 0.6 is 0 Å². The summed E-state index contributed by atoms with van der Waals surface area (Å²) in [6.45, 7) is 0.452. The van der Waals surface area contributed by atoms with Gasteiger partial charge < -0.3 is 14.6 Å². The Balaban J connectivity index is 1.38. The van der Waals surface area contributed by atoms with Gasteiger partial charge in [0.2, 0.25) is 0 Å². The Morgan fingerprint density at radius 3 is 2.28 bits per heavy atom. The molecule has 1 aromatic heterocycles. The van der Waals surface area contributed by atoms with Gasteiger partial charge in [0.05, 0.1) is 12.7 Å². The number of aliphatic hydroxyl groups excluding tert-OH is 1. The van der Waals surface area contributed by atoms with Crippen LogP contribution in [0.4, 0.5) is 0 Å². The Morgan fingerprint density at radius 2 is 1.62 bits per heavy atom. The standard InChI is InChI=1S/C28H25NO3/c30-27-23(16-20-8-7-15-29-18-20)19-31-26-17-24(13-14-25(26)27)32-28(21-9-3-1-4-10-21)22-11-5-2-6-12-22/h1-15,17-18,23,27-28,30H,16,19H2/t23-,27+/m0/s1. The van der Waals surface area contributed by atoms with Crippen LogP contribution < -0.4 is 9.47 Å². The lowest BCUT2D eigenvalue weighted by Crippen LogP contribution is -2.27. The summed E-state index contributed by atoms with van der Waals surface area (Å²) in [6, 6.07) is 30.0. The smallest absolute Gasteiger partial charge is 0.149 e. The molecule has 0 saturated heterocycles. The SMILES string of the molecule is O[C@H]1c2ccc(OC(c3ccccc3)c3ccccc3)cc2OC[C@@H]1Cc1cccnc1. The largest absolute Gasteiger partial charge is 0.493 e. The third-order valence-electron chi connectivity index (χ3n) is 5.88. The van der Waals surface area contributed by atoms with E-state index in [2.05, 4.69) is 29.2 Å². The van der Waals surface area contributed by atoms with Crippen molar-refractivity contribution in [3.63, 3.8) is 0 Å². The molecule has 1 aliphatic heterocycles. The van der Waals surface area contributed by atoms with Gasteiger partial charge in [0.25, 0.3) is 0 Å². The molecular weight excluding hydrogens is 398 g/mol. The maximum atomic E-state index is 11.0. The molecular formula is C28H25NO3. The van der Waals surface area contributed by atoms with Crippen LogP contribution in [0.3, 0.4) is 0 Å². The molecule has 1 aliphatic rings. The number of ether oxygens (including phenoxy) is 2. The highest BCUT2D eigenvalue weighted by molar-refractivity contribution is 5.44. The van der Waals surface area contributed by atoms with Crippen molar-refractivity contribution < 1.29 is 14.6 Å². The summed E-state index contributed by atoms with van der Waals surface area (Å²) in [7, 11) is 0. The number of pyridine rings is 1. The van der Waals surface area contributed by atoms with Crippen molar-refractivity contribution in [2.45, 2.75) is 18.6 Å². The van der Waals surface area contributed by atoms with Crippen molar-refractivity contribution in [3.05, 3.63) is 126 Å². The van der Waals surface area contributed by atoms with Crippen molar-refractivity contribution >= 4 is 0 Å². The number of fused-ring (bicyclic) bond motifs is 1. The molecule has 0 bridgehead atoms. The van der Waals surface area contributed by atoms with Crippen LogP contribution in [-0.2, 0) is 6.42 Å². The van der Waals surface area contributed by atoms with E-state index in [9.17, 15) is 5.11 Å². The molecule has 4 nitrogen and oxygen atoms in total. The van der Waals surface area contributed by atoms with Crippen LogP contribution in [0, 0.1) is 5.92 Å². The molecule has 0 fully saturated rings. The van der Waals surface area contributed by atoms with Gasteiger partial charge in [-0.25, -0.2) is 0 Å². The number of nitrogens with zero attached hydrogens (tertiary/aromatic N) is 1. The average molecular weight is 424 g/mol. The molecule has 2 atom stereocenters. The van der Waals surface area contributed by atoms with E-state index in [4.69, 9.17) is 9.47 Å². The summed E-state index contributed by atoms with van der Waals surface area (Å²) < 4.78 is 12.5. The number of hydrogen-bond acceptors (Lipinski definition) is 4. The third kappa shape index (κ3) is 4.36. The normalized spacial score (nSPS) is 17.4. The van der Waals surface area contributed by atoms with Crippen LogP contribution in [0.1, 0.15) is 34.5 Å². The van der Waals surface area contributed by atoms with Gasteiger partial charge >= 0.3 is 0 Å². The van der Waals surface area contributed by atoms with Gasteiger partial charge in [0.15, 0.2) is 0 Å². The van der Waals surface area contributed by atoms with Gasteiger partial charge in [0.1, 0.15) is 17.6 Å². The first-order chi connectivity index (χ1) is 15.8. The Kier molecular flexibility index (Phi) is 5.86. The lowest BCUT2D eigenvalue weighted by molar-refractivity contribution is 0.0504. The van der Waals surface area contributed by atoms with Crippen molar-refractivity contribution in [2.75, 3.05) is 6.61 Å². The predicted octanol–water partition coefficient (Wildman–Crippen LogP) is 5.53. The van der Waals surface area contributed by atoms with Crippen molar-refractivity contribution in [2.24, 2.45) is 5.92 Å². The van der Waals surface area contributed by atoms with Crippen LogP contribution in [0.5, 0.6) is 11.5 Å². The van der Waals surface area contributed by atoms with E-state index in [0.29, 0.717) is 18.1 Å². The van der Waals surface area contributed by atoms with E-state index in [-0.39, 0.29) is 12.0 Å². The summed E-state index contributed by atoms with van der Waals surface area (Å²) in [5.74, 6) is 1.37. The van der Waals surface area contributed by atoms with E-state index in [1.807, 2.05) is 72.9 Å². The molecule has 5 rings (SSSR count). The fourth-order valence-electron chi connectivity index (χ4n) is 4.21. The molecule has 32 heavy (non-hydrogen) atoms. The van der Waals surface area contributed by atoms with Gasteiger partial charge in [-0.05, 0) is 41.3 Å². The zero-order chi connectivity index (χ0) is 21.8. The van der Waals surface area contributed by atoms with Gasteiger partial charge in [-0.15, -0.1) is 0 Å². The highest BCUT2D eigenvalue weighted by Gasteiger charge is 2.30. The van der Waals surface area contributed by atoms with Gasteiger partial charge in [-0.2, -0.15) is 0 Å². The molecule has 0 aliphatic carbocycles. The second-order valence-corrected chi connectivity index (χ2v) is 8.10. The fraction of sp³-hybridized carbons (Fsp3) is 0.179. The molecule has 0 saturated carbocycles.